The van der Waals surface area contributed by atoms with Crippen molar-refractivity contribution in [1.82, 2.24) is 19.8 Å². The van der Waals surface area contributed by atoms with Crippen molar-refractivity contribution in [3.05, 3.63) is 71.6 Å². The summed E-state index contributed by atoms with van der Waals surface area (Å²) in [7, 11) is 0. The first-order chi connectivity index (χ1) is 15.3. The maximum Gasteiger partial charge on any atom is 0.416 e. The number of rotatable bonds is 4. The van der Waals surface area contributed by atoms with E-state index in [1.54, 1.807) is 4.90 Å². The summed E-state index contributed by atoms with van der Waals surface area (Å²) in [6.07, 6.45) is -1.68. The van der Waals surface area contributed by atoms with Crippen molar-refractivity contribution < 1.29 is 18.0 Å². The lowest BCUT2D eigenvalue weighted by molar-refractivity contribution is -0.137. The van der Waals surface area contributed by atoms with Gasteiger partial charge >= 0.3 is 6.18 Å². The van der Waals surface area contributed by atoms with Crippen molar-refractivity contribution in [2.75, 3.05) is 31.9 Å². The SMILES string of the molecule is Nc1nc(CN2CCN(C(=O)/C=C/c3cccc(C(F)(F)F)c3)CC2)nc2ccccc12. The summed E-state index contributed by atoms with van der Waals surface area (Å²) >= 11 is 0. The Morgan fingerprint density at radius 1 is 1.03 bits per heavy atom. The molecule has 6 nitrogen and oxygen atoms in total. The van der Waals surface area contributed by atoms with E-state index in [2.05, 4.69) is 14.9 Å². The Kier molecular flexibility index (Phi) is 6.09. The maximum atomic E-state index is 12.8. The van der Waals surface area contributed by atoms with Gasteiger partial charge in [-0.25, -0.2) is 9.97 Å². The molecule has 0 radical (unpaired) electrons. The Balaban J connectivity index is 1.34. The number of hydrogen-bond donors (Lipinski definition) is 1. The molecule has 0 unspecified atom stereocenters. The molecule has 1 fully saturated rings. The first kappa shape index (κ1) is 21.8. The number of amides is 1. The average molecular weight is 441 g/mol. The molecule has 0 spiro atoms. The van der Waals surface area contributed by atoms with Gasteiger partial charge in [-0.15, -0.1) is 0 Å². The van der Waals surface area contributed by atoms with Crippen LogP contribution in [0.1, 0.15) is 17.0 Å². The molecule has 1 aliphatic rings. The number of nitrogens with zero attached hydrogens (tertiary/aromatic N) is 4. The number of piperazine rings is 1. The second-order valence-corrected chi connectivity index (χ2v) is 7.60. The van der Waals surface area contributed by atoms with Crippen molar-refractivity contribution in [2.24, 2.45) is 0 Å². The number of aromatic nitrogens is 2. The zero-order valence-corrected chi connectivity index (χ0v) is 17.2. The van der Waals surface area contributed by atoms with E-state index in [-0.39, 0.29) is 5.91 Å². The fourth-order valence-electron chi connectivity index (χ4n) is 3.64. The van der Waals surface area contributed by atoms with Gasteiger partial charge in [0, 0.05) is 37.6 Å². The molecule has 9 heteroatoms. The summed E-state index contributed by atoms with van der Waals surface area (Å²) in [5.41, 5.74) is 6.43. The van der Waals surface area contributed by atoms with Crippen LogP contribution in [0.4, 0.5) is 19.0 Å². The lowest BCUT2D eigenvalue weighted by atomic mass is 10.1. The molecule has 1 amide bonds. The molecule has 1 saturated heterocycles. The van der Waals surface area contributed by atoms with Crippen LogP contribution in [0.3, 0.4) is 0 Å². The summed E-state index contributed by atoms with van der Waals surface area (Å²) in [5, 5.41) is 0.819. The molecule has 1 aromatic heterocycles. The Morgan fingerprint density at radius 3 is 2.53 bits per heavy atom. The van der Waals surface area contributed by atoms with Crippen molar-refractivity contribution in [3.8, 4) is 0 Å². The summed E-state index contributed by atoms with van der Waals surface area (Å²) in [6, 6.07) is 12.5. The van der Waals surface area contributed by atoms with Crippen molar-refractivity contribution in [1.29, 1.82) is 0 Å². The number of nitrogen functional groups attached to an aromatic ring is 1. The highest BCUT2D eigenvalue weighted by Gasteiger charge is 2.30. The van der Waals surface area contributed by atoms with Crippen molar-refractivity contribution >= 4 is 28.7 Å². The molecule has 32 heavy (non-hydrogen) atoms. The van der Waals surface area contributed by atoms with E-state index < -0.39 is 11.7 Å². The topological polar surface area (TPSA) is 75.3 Å². The minimum Gasteiger partial charge on any atom is -0.383 e. The number of hydrogen-bond acceptors (Lipinski definition) is 5. The van der Waals surface area contributed by atoms with Gasteiger partial charge < -0.3 is 10.6 Å². The summed E-state index contributed by atoms with van der Waals surface area (Å²) < 4.78 is 38.5. The second kappa shape index (κ2) is 8.96. The smallest absolute Gasteiger partial charge is 0.383 e. The number of benzene rings is 2. The molecule has 0 saturated carbocycles. The van der Waals surface area contributed by atoms with E-state index in [1.165, 1.54) is 24.3 Å². The van der Waals surface area contributed by atoms with E-state index in [1.807, 2.05) is 24.3 Å². The summed E-state index contributed by atoms with van der Waals surface area (Å²) in [6.45, 7) is 2.82. The lowest BCUT2D eigenvalue weighted by Crippen LogP contribution is -2.48. The fraction of sp³-hybridized carbons (Fsp3) is 0.261. The monoisotopic (exact) mass is 441 g/mol. The number of halogens is 3. The van der Waals surface area contributed by atoms with Gasteiger partial charge in [-0.2, -0.15) is 13.2 Å². The van der Waals surface area contributed by atoms with Gasteiger partial charge in [-0.05, 0) is 35.9 Å². The number of anilines is 1. The molecule has 3 aromatic rings. The first-order valence-corrected chi connectivity index (χ1v) is 10.2. The molecule has 0 atom stereocenters. The largest absolute Gasteiger partial charge is 0.416 e. The van der Waals surface area contributed by atoms with Crippen LogP contribution in [0.5, 0.6) is 0 Å². The number of fused-ring (bicyclic) bond motifs is 1. The van der Waals surface area contributed by atoms with E-state index in [4.69, 9.17) is 5.73 Å². The van der Waals surface area contributed by atoms with Gasteiger partial charge in [-0.3, -0.25) is 9.69 Å². The maximum absolute atomic E-state index is 12.8. The number of carbonyl (C=O) groups excluding carboxylic acids is 1. The molecule has 1 aliphatic heterocycles. The third kappa shape index (κ3) is 5.05. The second-order valence-electron chi connectivity index (χ2n) is 7.60. The predicted octanol–water partition coefficient (Wildman–Crippen LogP) is 3.59. The highest BCUT2D eigenvalue weighted by atomic mass is 19.4. The first-order valence-electron chi connectivity index (χ1n) is 10.2. The molecule has 0 bridgehead atoms. The molecule has 4 rings (SSSR count). The number of para-hydroxylation sites is 1. The molecule has 2 N–H and O–H groups in total. The van der Waals surface area contributed by atoms with Gasteiger partial charge in [0.1, 0.15) is 11.6 Å². The minimum absolute atomic E-state index is 0.228. The third-order valence-electron chi connectivity index (χ3n) is 5.36. The number of nitrogens with two attached hydrogens (primary N) is 1. The Morgan fingerprint density at radius 2 is 1.78 bits per heavy atom. The predicted molar refractivity (Wildman–Crippen MR) is 116 cm³/mol. The number of alkyl halides is 3. The van der Waals surface area contributed by atoms with Crippen molar-refractivity contribution in [2.45, 2.75) is 12.7 Å². The van der Waals surface area contributed by atoms with Crippen LogP contribution < -0.4 is 5.73 Å². The van der Waals surface area contributed by atoms with E-state index in [9.17, 15) is 18.0 Å². The van der Waals surface area contributed by atoms with Gasteiger partial charge in [0.05, 0.1) is 17.6 Å². The van der Waals surface area contributed by atoms with Crippen LogP contribution >= 0.6 is 0 Å². The Bertz CT molecular complexity index is 1150. The van der Waals surface area contributed by atoms with Crippen LogP contribution in [0.15, 0.2) is 54.6 Å². The zero-order chi connectivity index (χ0) is 22.7. The van der Waals surface area contributed by atoms with E-state index in [0.29, 0.717) is 49.9 Å². The van der Waals surface area contributed by atoms with Gasteiger partial charge in [0.15, 0.2) is 0 Å². The van der Waals surface area contributed by atoms with Gasteiger partial charge in [-0.1, -0.05) is 24.3 Å². The normalized spacial score (nSPS) is 15.5. The Labute approximate surface area is 183 Å². The molecule has 166 valence electrons. The Hall–Kier alpha value is -3.46. The molecular weight excluding hydrogens is 419 g/mol. The molecule has 0 aliphatic carbocycles. The molecule has 2 aromatic carbocycles. The van der Waals surface area contributed by atoms with Crippen LogP contribution in [0.25, 0.3) is 17.0 Å². The minimum atomic E-state index is -4.41. The molecular formula is C23H22F3N5O. The van der Waals surface area contributed by atoms with Gasteiger partial charge in [0.2, 0.25) is 5.91 Å². The van der Waals surface area contributed by atoms with Gasteiger partial charge in [0.25, 0.3) is 0 Å². The molecule has 2 heterocycles. The van der Waals surface area contributed by atoms with Crippen molar-refractivity contribution in [3.63, 3.8) is 0 Å². The fourth-order valence-corrected chi connectivity index (χ4v) is 3.64. The highest BCUT2D eigenvalue weighted by Crippen LogP contribution is 2.29. The summed E-state index contributed by atoms with van der Waals surface area (Å²) in [5.74, 6) is 0.845. The number of carbonyl (C=O) groups is 1. The lowest BCUT2D eigenvalue weighted by Gasteiger charge is -2.33. The third-order valence-corrected chi connectivity index (χ3v) is 5.36. The summed E-state index contributed by atoms with van der Waals surface area (Å²) in [4.78, 5) is 25.2. The van der Waals surface area contributed by atoms with E-state index in [0.717, 1.165) is 23.0 Å². The standard InChI is InChI=1S/C23H22F3N5O/c24-23(25,26)17-5-3-4-16(14-17)8-9-21(32)31-12-10-30(11-13-31)15-20-28-19-7-2-1-6-18(19)22(27)29-20/h1-9,14H,10-13,15H2,(H2,27,28,29)/b9-8+. The zero-order valence-electron chi connectivity index (χ0n) is 17.2. The average Bonchev–Trinajstić information content (AvgIpc) is 2.78. The van der Waals surface area contributed by atoms with Crippen LogP contribution in [-0.4, -0.2) is 51.9 Å². The van der Waals surface area contributed by atoms with E-state index >= 15 is 0 Å². The quantitative estimate of drug-likeness (QED) is 0.627. The van der Waals surface area contributed by atoms with Crippen LogP contribution in [0, 0.1) is 0 Å². The van der Waals surface area contributed by atoms with Crippen LogP contribution in [0.2, 0.25) is 0 Å². The highest BCUT2D eigenvalue weighted by molar-refractivity contribution is 5.92. The van der Waals surface area contributed by atoms with Crippen LogP contribution in [-0.2, 0) is 17.5 Å².